The van der Waals surface area contributed by atoms with Crippen molar-refractivity contribution in [3.05, 3.63) is 42.0 Å². The summed E-state index contributed by atoms with van der Waals surface area (Å²) in [6.45, 7) is 17.4. The van der Waals surface area contributed by atoms with Crippen LogP contribution in [0.15, 0.2) is 25.3 Å². The summed E-state index contributed by atoms with van der Waals surface area (Å²) in [5.41, 5.74) is 2.77. The van der Waals surface area contributed by atoms with Crippen molar-refractivity contribution in [3.8, 4) is 5.75 Å². The van der Waals surface area contributed by atoms with Crippen LogP contribution in [0.4, 0.5) is 0 Å². The summed E-state index contributed by atoms with van der Waals surface area (Å²) < 4.78 is 0. The number of hydrogen-bond donors (Lipinski definition) is 1. The van der Waals surface area contributed by atoms with E-state index in [1.807, 2.05) is 26.8 Å². The van der Waals surface area contributed by atoms with Gasteiger partial charge in [-0.05, 0) is 35.7 Å². The van der Waals surface area contributed by atoms with E-state index in [2.05, 4.69) is 27.0 Å². The largest absolute Gasteiger partial charge is 0.508 e. The van der Waals surface area contributed by atoms with E-state index in [-0.39, 0.29) is 0 Å². The number of aryl methyl sites for hydroxylation is 1. The van der Waals surface area contributed by atoms with Crippen LogP contribution in [0.5, 0.6) is 5.75 Å². The predicted molar refractivity (Wildman–Crippen MR) is 80.3 cm³/mol. The van der Waals surface area contributed by atoms with Gasteiger partial charge in [0.1, 0.15) is 5.75 Å². The topological polar surface area (TPSA) is 20.2 Å². The van der Waals surface area contributed by atoms with Crippen LogP contribution in [0.2, 0.25) is 0 Å². The van der Waals surface area contributed by atoms with Crippen molar-refractivity contribution in [2.24, 2.45) is 0 Å². The molecule has 0 atom stereocenters. The molecule has 0 aliphatic heterocycles. The number of hydrogen-bond acceptors (Lipinski definition) is 1. The van der Waals surface area contributed by atoms with Crippen LogP contribution in [0.25, 0.3) is 12.2 Å². The lowest BCUT2D eigenvalue weighted by atomic mass is 10.0. The van der Waals surface area contributed by atoms with Crippen LogP contribution in [-0.2, 0) is 0 Å². The molecular weight excluding hydrogens is 208 g/mol. The Morgan fingerprint density at radius 2 is 1.41 bits per heavy atom. The molecule has 0 fully saturated rings. The summed E-state index contributed by atoms with van der Waals surface area (Å²) in [6.07, 6.45) is 4.71. The molecule has 0 bridgehead atoms. The van der Waals surface area contributed by atoms with Gasteiger partial charge in [-0.3, -0.25) is 0 Å². The molecule has 0 spiro atoms. The Morgan fingerprint density at radius 1 is 1.06 bits per heavy atom. The number of phenolic OH excluding ortho intramolecular Hbond substituents is 1. The first-order valence-corrected chi connectivity index (χ1v) is 6.19. The van der Waals surface area contributed by atoms with Gasteiger partial charge in [0.15, 0.2) is 0 Å². The van der Waals surface area contributed by atoms with Crippen LogP contribution in [0.1, 0.15) is 50.8 Å². The second kappa shape index (κ2) is 11.0. The first-order valence-electron chi connectivity index (χ1n) is 6.19. The number of aromatic hydroxyl groups is 1. The zero-order valence-electron chi connectivity index (χ0n) is 11.9. The Balaban J connectivity index is 0. The van der Waals surface area contributed by atoms with Crippen LogP contribution in [-0.4, -0.2) is 5.11 Å². The molecule has 0 amide bonds. The highest BCUT2D eigenvalue weighted by Crippen LogP contribution is 2.23. The average Bonchev–Trinajstić information content (AvgIpc) is 2.35. The Bertz CT molecular complexity index is 305. The Kier molecular flexibility index (Phi) is 11.6. The molecule has 0 saturated carbocycles. The zero-order valence-corrected chi connectivity index (χ0v) is 11.9. The van der Waals surface area contributed by atoms with E-state index in [1.54, 1.807) is 18.2 Å². The zero-order chi connectivity index (χ0) is 13.8. The molecule has 17 heavy (non-hydrogen) atoms. The van der Waals surface area contributed by atoms with Crippen LogP contribution in [0.3, 0.4) is 0 Å². The van der Waals surface area contributed by atoms with E-state index in [9.17, 15) is 5.11 Å². The van der Waals surface area contributed by atoms with Gasteiger partial charge < -0.3 is 5.11 Å². The minimum Gasteiger partial charge on any atom is -0.508 e. The lowest BCUT2D eigenvalue weighted by Crippen LogP contribution is -1.83. The van der Waals surface area contributed by atoms with Gasteiger partial charge in [-0.15, -0.1) is 0 Å². The third-order valence-electron chi connectivity index (χ3n) is 1.84. The molecule has 1 heteroatoms. The van der Waals surface area contributed by atoms with Gasteiger partial charge in [0.2, 0.25) is 0 Å². The van der Waals surface area contributed by atoms with Crippen molar-refractivity contribution in [2.75, 3.05) is 0 Å². The molecule has 1 N–H and O–H groups in total. The molecular formula is C16H26O. The normalized spacial score (nSPS) is 8.06. The molecule has 0 aliphatic carbocycles. The standard InChI is InChI=1S/C11H12O.C3H8.C2H6/c1-4-9-6-8(3)11(12)7-10(9)5-2;1-3-2;1-2/h4-7,12H,1-2H2,3H3;3H2,1-2H3;1-2H3. The minimum atomic E-state index is 0.301. The molecule has 1 aromatic rings. The van der Waals surface area contributed by atoms with Crippen LogP contribution < -0.4 is 0 Å². The van der Waals surface area contributed by atoms with Gasteiger partial charge in [0.05, 0.1) is 0 Å². The lowest BCUT2D eigenvalue weighted by Gasteiger charge is -2.04. The van der Waals surface area contributed by atoms with Gasteiger partial charge in [-0.2, -0.15) is 0 Å². The van der Waals surface area contributed by atoms with E-state index >= 15 is 0 Å². The maximum atomic E-state index is 9.37. The fourth-order valence-corrected chi connectivity index (χ4v) is 1.09. The minimum absolute atomic E-state index is 0.301. The quantitative estimate of drug-likeness (QED) is 0.723. The third-order valence-corrected chi connectivity index (χ3v) is 1.84. The van der Waals surface area contributed by atoms with Gasteiger partial charge in [-0.1, -0.05) is 59.4 Å². The number of phenols is 1. The summed E-state index contributed by atoms with van der Waals surface area (Å²) in [6, 6.07) is 3.58. The first kappa shape index (κ1) is 17.9. The molecule has 0 radical (unpaired) electrons. The molecule has 0 saturated heterocycles. The van der Waals surface area contributed by atoms with Crippen LogP contribution in [0, 0.1) is 6.92 Å². The van der Waals surface area contributed by atoms with Crippen LogP contribution >= 0.6 is 0 Å². The van der Waals surface area contributed by atoms with E-state index in [0.29, 0.717) is 5.75 Å². The Hall–Kier alpha value is -1.50. The van der Waals surface area contributed by atoms with Gasteiger partial charge in [0, 0.05) is 0 Å². The van der Waals surface area contributed by atoms with Gasteiger partial charge in [-0.25, -0.2) is 0 Å². The lowest BCUT2D eigenvalue weighted by molar-refractivity contribution is 0.471. The van der Waals surface area contributed by atoms with E-state index in [4.69, 9.17) is 0 Å². The molecule has 1 nitrogen and oxygen atoms in total. The summed E-state index contributed by atoms with van der Waals surface area (Å²) in [5, 5.41) is 9.37. The van der Waals surface area contributed by atoms with E-state index in [0.717, 1.165) is 16.7 Å². The SMILES string of the molecule is C=Cc1cc(C)c(O)cc1C=C.CC.CCC. The van der Waals surface area contributed by atoms with Crippen molar-refractivity contribution < 1.29 is 5.11 Å². The predicted octanol–water partition coefficient (Wildman–Crippen LogP) is 5.43. The summed E-state index contributed by atoms with van der Waals surface area (Å²) >= 11 is 0. The fourth-order valence-electron chi connectivity index (χ4n) is 1.09. The van der Waals surface area contributed by atoms with Crippen molar-refractivity contribution in [3.63, 3.8) is 0 Å². The molecule has 1 rings (SSSR count). The van der Waals surface area contributed by atoms with E-state index in [1.165, 1.54) is 6.42 Å². The van der Waals surface area contributed by atoms with E-state index < -0.39 is 0 Å². The highest BCUT2D eigenvalue weighted by Gasteiger charge is 2.00. The summed E-state index contributed by atoms with van der Waals surface area (Å²) in [4.78, 5) is 0. The monoisotopic (exact) mass is 234 g/mol. The first-order chi connectivity index (χ1) is 8.10. The van der Waals surface area contributed by atoms with Crippen molar-refractivity contribution in [1.29, 1.82) is 0 Å². The maximum absolute atomic E-state index is 9.37. The number of rotatable bonds is 2. The van der Waals surface area contributed by atoms with Gasteiger partial charge in [0.25, 0.3) is 0 Å². The Labute approximate surface area is 107 Å². The molecule has 0 unspecified atom stereocenters. The highest BCUT2D eigenvalue weighted by molar-refractivity contribution is 5.66. The third kappa shape index (κ3) is 6.62. The molecule has 0 aromatic heterocycles. The highest BCUT2D eigenvalue weighted by atomic mass is 16.3. The second-order valence-electron chi connectivity index (χ2n) is 3.38. The second-order valence-corrected chi connectivity index (χ2v) is 3.38. The molecule has 0 heterocycles. The average molecular weight is 234 g/mol. The summed E-state index contributed by atoms with van der Waals surface area (Å²) in [5.74, 6) is 0.301. The molecule has 1 aromatic carbocycles. The van der Waals surface area contributed by atoms with Gasteiger partial charge >= 0.3 is 0 Å². The molecule has 0 aliphatic rings. The summed E-state index contributed by atoms with van der Waals surface area (Å²) in [7, 11) is 0. The van der Waals surface area contributed by atoms with Crippen molar-refractivity contribution >= 4 is 12.2 Å². The Morgan fingerprint density at radius 3 is 1.76 bits per heavy atom. The number of benzene rings is 1. The maximum Gasteiger partial charge on any atom is 0.119 e. The smallest absolute Gasteiger partial charge is 0.119 e. The van der Waals surface area contributed by atoms with Crippen molar-refractivity contribution in [2.45, 2.75) is 41.0 Å². The molecule has 96 valence electrons. The van der Waals surface area contributed by atoms with Crippen molar-refractivity contribution in [1.82, 2.24) is 0 Å². The fraction of sp³-hybridized carbons (Fsp3) is 0.375.